The number of carbonyl (C=O) groups is 1. The molecular formula is C13H8Br2INO2. The Morgan fingerprint density at radius 3 is 2.58 bits per heavy atom. The largest absolute Gasteiger partial charge is 0.507 e. The third-order valence-corrected chi connectivity index (χ3v) is 4.20. The number of anilines is 1. The van der Waals surface area contributed by atoms with Gasteiger partial charge in [-0.3, -0.25) is 4.79 Å². The summed E-state index contributed by atoms with van der Waals surface area (Å²) in [7, 11) is 0. The minimum absolute atomic E-state index is 0.0360. The molecule has 0 heterocycles. The minimum Gasteiger partial charge on any atom is -0.507 e. The number of hydrogen-bond acceptors (Lipinski definition) is 2. The first kappa shape index (κ1) is 14.8. The van der Waals surface area contributed by atoms with Crippen LogP contribution in [0.5, 0.6) is 5.75 Å². The Labute approximate surface area is 140 Å². The standard InChI is InChI=1S/C13H8Br2INO2/c14-7-1-3-11(10(15)5-7)17-13(19)9-6-8(16)2-4-12(9)18/h1-6,18H,(H,17,19). The number of aromatic hydroxyl groups is 1. The predicted molar refractivity (Wildman–Crippen MR) is 90.6 cm³/mol. The molecule has 0 aliphatic heterocycles. The average molecular weight is 497 g/mol. The van der Waals surface area contributed by atoms with Crippen molar-refractivity contribution in [3.8, 4) is 5.75 Å². The van der Waals surface area contributed by atoms with Crippen LogP contribution in [-0.4, -0.2) is 11.0 Å². The molecular weight excluding hydrogens is 489 g/mol. The zero-order valence-corrected chi connectivity index (χ0v) is 14.8. The number of phenolic OH excluding ortho intramolecular Hbond substituents is 1. The summed E-state index contributed by atoms with van der Waals surface area (Å²) in [5.41, 5.74) is 0.896. The first-order valence-corrected chi connectivity index (χ1v) is 7.89. The van der Waals surface area contributed by atoms with Gasteiger partial charge >= 0.3 is 0 Å². The fourth-order valence-corrected chi connectivity index (χ4v) is 3.11. The van der Waals surface area contributed by atoms with Crippen LogP contribution >= 0.6 is 54.5 Å². The fraction of sp³-hybridized carbons (Fsp3) is 0. The van der Waals surface area contributed by atoms with E-state index in [-0.39, 0.29) is 17.2 Å². The van der Waals surface area contributed by atoms with Crippen LogP contribution in [0.2, 0.25) is 0 Å². The summed E-state index contributed by atoms with van der Waals surface area (Å²) in [5, 5.41) is 12.5. The molecule has 2 N–H and O–H groups in total. The monoisotopic (exact) mass is 495 g/mol. The highest BCUT2D eigenvalue weighted by molar-refractivity contribution is 14.1. The summed E-state index contributed by atoms with van der Waals surface area (Å²) in [4.78, 5) is 12.1. The second-order valence-electron chi connectivity index (χ2n) is 3.74. The highest BCUT2D eigenvalue weighted by atomic mass is 127. The third kappa shape index (κ3) is 3.70. The molecule has 98 valence electrons. The Morgan fingerprint density at radius 2 is 1.89 bits per heavy atom. The lowest BCUT2D eigenvalue weighted by Gasteiger charge is -2.09. The van der Waals surface area contributed by atoms with E-state index in [9.17, 15) is 9.90 Å². The van der Waals surface area contributed by atoms with Crippen molar-refractivity contribution >= 4 is 66.0 Å². The Balaban J connectivity index is 2.28. The molecule has 0 saturated carbocycles. The van der Waals surface area contributed by atoms with Crippen LogP contribution < -0.4 is 5.32 Å². The number of carbonyl (C=O) groups excluding carboxylic acids is 1. The lowest BCUT2D eigenvalue weighted by Crippen LogP contribution is -2.12. The van der Waals surface area contributed by atoms with E-state index in [0.29, 0.717) is 5.69 Å². The number of benzene rings is 2. The number of phenols is 1. The first-order valence-electron chi connectivity index (χ1n) is 5.22. The van der Waals surface area contributed by atoms with Gasteiger partial charge in [-0.15, -0.1) is 0 Å². The van der Waals surface area contributed by atoms with E-state index in [1.807, 2.05) is 12.1 Å². The van der Waals surface area contributed by atoms with Crippen LogP contribution in [0.15, 0.2) is 45.3 Å². The highest BCUT2D eigenvalue weighted by Crippen LogP contribution is 2.27. The van der Waals surface area contributed by atoms with Crippen LogP contribution in [-0.2, 0) is 0 Å². The summed E-state index contributed by atoms with van der Waals surface area (Å²) >= 11 is 8.81. The molecule has 0 bridgehead atoms. The molecule has 0 aliphatic rings. The number of rotatable bonds is 2. The van der Waals surface area contributed by atoms with E-state index in [1.165, 1.54) is 6.07 Å². The van der Waals surface area contributed by atoms with Crippen LogP contribution in [0.3, 0.4) is 0 Å². The quantitative estimate of drug-likeness (QED) is 0.588. The Hall–Kier alpha value is -0.600. The maximum absolute atomic E-state index is 12.1. The fourth-order valence-electron chi connectivity index (χ4n) is 1.47. The third-order valence-electron chi connectivity index (χ3n) is 2.38. The highest BCUT2D eigenvalue weighted by Gasteiger charge is 2.13. The Bertz CT molecular complexity index is 647. The van der Waals surface area contributed by atoms with Crippen molar-refractivity contribution in [3.05, 3.63) is 54.5 Å². The number of hydrogen-bond donors (Lipinski definition) is 2. The van der Waals surface area contributed by atoms with Crippen LogP contribution in [0.4, 0.5) is 5.69 Å². The summed E-state index contributed by atoms with van der Waals surface area (Å²) < 4.78 is 2.56. The molecule has 0 aliphatic carbocycles. The van der Waals surface area contributed by atoms with E-state index in [4.69, 9.17) is 0 Å². The molecule has 19 heavy (non-hydrogen) atoms. The van der Waals surface area contributed by atoms with Gasteiger partial charge in [-0.2, -0.15) is 0 Å². The molecule has 2 aromatic rings. The van der Waals surface area contributed by atoms with Crippen LogP contribution in [0, 0.1) is 3.57 Å². The molecule has 0 spiro atoms. The van der Waals surface area contributed by atoms with Gasteiger partial charge in [0.05, 0.1) is 11.3 Å². The second kappa shape index (κ2) is 6.23. The molecule has 0 atom stereocenters. The number of amides is 1. The predicted octanol–water partition coefficient (Wildman–Crippen LogP) is 4.77. The van der Waals surface area contributed by atoms with Gasteiger partial charge in [-0.25, -0.2) is 0 Å². The van der Waals surface area contributed by atoms with Gasteiger partial charge < -0.3 is 10.4 Å². The lowest BCUT2D eigenvalue weighted by atomic mass is 10.2. The van der Waals surface area contributed by atoms with E-state index < -0.39 is 0 Å². The molecule has 2 rings (SSSR count). The van der Waals surface area contributed by atoms with E-state index in [2.05, 4.69) is 59.8 Å². The average Bonchev–Trinajstić information content (AvgIpc) is 2.35. The van der Waals surface area contributed by atoms with Crippen molar-refractivity contribution in [3.63, 3.8) is 0 Å². The summed E-state index contributed by atoms with van der Waals surface area (Å²) in [5.74, 6) is -0.384. The van der Waals surface area contributed by atoms with Gasteiger partial charge in [0, 0.05) is 12.5 Å². The van der Waals surface area contributed by atoms with Crippen molar-refractivity contribution in [2.75, 3.05) is 5.32 Å². The topological polar surface area (TPSA) is 49.3 Å². The molecule has 0 fully saturated rings. The molecule has 0 radical (unpaired) electrons. The van der Waals surface area contributed by atoms with Gasteiger partial charge in [-0.1, -0.05) is 15.9 Å². The summed E-state index contributed by atoms with van der Waals surface area (Å²) in [6.45, 7) is 0. The maximum atomic E-state index is 12.1. The van der Waals surface area contributed by atoms with Crippen molar-refractivity contribution in [1.82, 2.24) is 0 Å². The minimum atomic E-state index is -0.348. The SMILES string of the molecule is O=C(Nc1ccc(Br)cc1Br)c1cc(I)ccc1O. The van der Waals surface area contributed by atoms with Crippen molar-refractivity contribution in [1.29, 1.82) is 0 Å². The van der Waals surface area contributed by atoms with E-state index in [1.54, 1.807) is 18.2 Å². The smallest absolute Gasteiger partial charge is 0.259 e. The number of nitrogens with one attached hydrogen (secondary N) is 1. The van der Waals surface area contributed by atoms with Gasteiger partial charge in [0.25, 0.3) is 5.91 Å². The first-order chi connectivity index (χ1) is 8.97. The molecule has 1 amide bonds. The van der Waals surface area contributed by atoms with Gasteiger partial charge in [0.1, 0.15) is 5.75 Å². The van der Waals surface area contributed by atoms with Crippen molar-refractivity contribution < 1.29 is 9.90 Å². The molecule has 3 nitrogen and oxygen atoms in total. The van der Waals surface area contributed by atoms with Crippen LogP contribution in [0.25, 0.3) is 0 Å². The lowest BCUT2D eigenvalue weighted by molar-refractivity contribution is 0.102. The molecule has 0 aromatic heterocycles. The maximum Gasteiger partial charge on any atom is 0.259 e. The molecule has 0 unspecified atom stereocenters. The molecule has 6 heteroatoms. The molecule has 2 aromatic carbocycles. The Morgan fingerprint density at radius 1 is 1.16 bits per heavy atom. The van der Waals surface area contributed by atoms with Crippen molar-refractivity contribution in [2.24, 2.45) is 0 Å². The van der Waals surface area contributed by atoms with Crippen molar-refractivity contribution in [2.45, 2.75) is 0 Å². The summed E-state index contributed by atoms with van der Waals surface area (Å²) in [6, 6.07) is 10.3. The molecule has 0 saturated heterocycles. The Kier molecular flexibility index (Phi) is 4.86. The van der Waals surface area contributed by atoms with Gasteiger partial charge in [0.15, 0.2) is 0 Å². The van der Waals surface area contributed by atoms with Crippen LogP contribution in [0.1, 0.15) is 10.4 Å². The van der Waals surface area contributed by atoms with E-state index in [0.717, 1.165) is 12.5 Å². The second-order valence-corrected chi connectivity index (χ2v) is 6.76. The normalized spacial score (nSPS) is 10.3. The van der Waals surface area contributed by atoms with Gasteiger partial charge in [0.2, 0.25) is 0 Å². The summed E-state index contributed by atoms with van der Waals surface area (Å²) in [6.07, 6.45) is 0. The zero-order chi connectivity index (χ0) is 14.0. The van der Waals surface area contributed by atoms with Gasteiger partial charge in [-0.05, 0) is 74.9 Å². The zero-order valence-electron chi connectivity index (χ0n) is 9.45. The number of halogens is 3. The van der Waals surface area contributed by atoms with E-state index >= 15 is 0 Å².